The van der Waals surface area contributed by atoms with E-state index in [1.54, 1.807) is 38.3 Å². The van der Waals surface area contributed by atoms with Crippen molar-refractivity contribution in [2.24, 2.45) is 0 Å². The number of aromatic nitrogens is 2. The van der Waals surface area contributed by atoms with Gasteiger partial charge in [0.25, 0.3) is 5.56 Å². The second kappa shape index (κ2) is 6.95. The van der Waals surface area contributed by atoms with E-state index >= 15 is 0 Å². The molecule has 7 heteroatoms. The molecule has 0 amide bonds. The van der Waals surface area contributed by atoms with E-state index in [4.69, 9.17) is 9.47 Å². The summed E-state index contributed by atoms with van der Waals surface area (Å²) in [5.74, 6) is 0.599. The minimum atomic E-state index is -0.812. The Morgan fingerprint density at radius 2 is 1.78 bits per heavy atom. The minimum absolute atomic E-state index is 0.382. The zero-order valence-corrected chi connectivity index (χ0v) is 13.4. The summed E-state index contributed by atoms with van der Waals surface area (Å²) >= 11 is 0. The monoisotopic (exact) mass is 318 g/mol. The van der Waals surface area contributed by atoms with Gasteiger partial charge in [-0.2, -0.15) is 5.10 Å². The van der Waals surface area contributed by atoms with E-state index in [0.717, 1.165) is 10.2 Å². The van der Waals surface area contributed by atoms with E-state index < -0.39 is 12.0 Å². The third kappa shape index (κ3) is 3.33. The molecule has 2 aromatic rings. The Balaban J connectivity index is 2.49. The summed E-state index contributed by atoms with van der Waals surface area (Å²) in [6, 6.07) is 7.42. The number of carbonyl (C=O) groups is 1. The predicted molar refractivity (Wildman–Crippen MR) is 83.8 cm³/mol. The van der Waals surface area contributed by atoms with Gasteiger partial charge in [-0.25, -0.2) is 9.48 Å². The second-order valence-corrected chi connectivity index (χ2v) is 4.77. The van der Waals surface area contributed by atoms with Crippen LogP contribution in [0.25, 0.3) is 11.3 Å². The van der Waals surface area contributed by atoms with Crippen LogP contribution >= 0.6 is 0 Å². The van der Waals surface area contributed by atoms with Crippen LogP contribution in [0.5, 0.6) is 11.5 Å². The van der Waals surface area contributed by atoms with Crippen LogP contribution in [-0.2, 0) is 9.53 Å². The average molecular weight is 318 g/mol. The van der Waals surface area contributed by atoms with Gasteiger partial charge in [0, 0.05) is 11.6 Å². The predicted octanol–water partition coefficient (Wildman–Crippen LogP) is 1.66. The van der Waals surface area contributed by atoms with E-state index in [0.29, 0.717) is 17.2 Å². The van der Waals surface area contributed by atoms with Crippen LogP contribution in [0, 0.1) is 0 Å². The number of nitrogens with zero attached hydrogens (tertiary/aromatic N) is 2. The molecule has 23 heavy (non-hydrogen) atoms. The van der Waals surface area contributed by atoms with Crippen LogP contribution in [0.2, 0.25) is 0 Å². The maximum absolute atomic E-state index is 11.9. The molecule has 0 saturated heterocycles. The van der Waals surface area contributed by atoms with Crippen molar-refractivity contribution in [1.29, 1.82) is 0 Å². The highest BCUT2D eigenvalue weighted by molar-refractivity contribution is 5.73. The largest absolute Gasteiger partial charge is 0.493 e. The van der Waals surface area contributed by atoms with Gasteiger partial charge in [-0.05, 0) is 31.2 Å². The molecule has 122 valence electrons. The Bertz CT molecular complexity index is 769. The number of benzene rings is 1. The molecule has 1 aromatic carbocycles. The molecule has 0 radical (unpaired) electrons. The van der Waals surface area contributed by atoms with Crippen LogP contribution in [-0.4, -0.2) is 37.1 Å². The molecule has 0 N–H and O–H groups in total. The summed E-state index contributed by atoms with van der Waals surface area (Å²) < 4.78 is 16.2. The van der Waals surface area contributed by atoms with Gasteiger partial charge >= 0.3 is 5.97 Å². The number of hydrogen-bond acceptors (Lipinski definition) is 6. The van der Waals surface area contributed by atoms with Crippen molar-refractivity contribution in [2.75, 3.05) is 21.3 Å². The first-order chi connectivity index (χ1) is 11.0. The normalized spacial score (nSPS) is 11.7. The molecule has 0 aliphatic rings. The van der Waals surface area contributed by atoms with Crippen molar-refractivity contribution in [3.8, 4) is 22.8 Å². The van der Waals surface area contributed by atoms with Crippen molar-refractivity contribution >= 4 is 5.97 Å². The highest BCUT2D eigenvalue weighted by atomic mass is 16.5. The SMILES string of the molecule is COC(=O)C(C)n1nc(-c2ccc(OC)c(OC)c2)ccc1=O. The molecular formula is C16H18N2O5. The van der Waals surface area contributed by atoms with Crippen LogP contribution in [0.4, 0.5) is 0 Å². The van der Waals surface area contributed by atoms with Gasteiger partial charge in [0.2, 0.25) is 0 Å². The van der Waals surface area contributed by atoms with Crippen molar-refractivity contribution < 1.29 is 19.0 Å². The standard InChI is InChI=1S/C16H18N2O5/c1-10(16(20)23-4)18-15(19)8-6-12(17-18)11-5-7-13(21-2)14(9-11)22-3/h5-10H,1-4H3. The number of ether oxygens (including phenoxy) is 3. The van der Waals surface area contributed by atoms with Gasteiger partial charge in [-0.3, -0.25) is 4.79 Å². The van der Waals surface area contributed by atoms with Crippen LogP contribution in [0.1, 0.15) is 13.0 Å². The Morgan fingerprint density at radius 1 is 1.09 bits per heavy atom. The molecule has 2 rings (SSSR count). The van der Waals surface area contributed by atoms with E-state index in [-0.39, 0.29) is 5.56 Å². The smallest absolute Gasteiger partial charge is 0.330 e. The second-order valence-electron chi connectivity index (χ2n) is 4.77. The number of carbonyl (C=O) groups excluding carboxylic acids is 1. The summed E-state index contributed by atoms with van der Waals surface area (Å²) in [5.41, 5.74) is 0.877. The fourth-order valence-electron chi connectivity index (χ4n) is 2.12. The van der Waals surface area contributed by atoms with Crippen LogP contribution in [0.15, 0.2) is 35.1 Å². The van der Waals surface area contributed by atoms with E-state index in [1.807, 2.05) is 0 Å². The van der Waals surface area contributed by atoms with Crippen molar-refractivity contribution in [3.05, 3.63) is 40.7 Å². The highest BCUT2D eigenvalue weighted by Gasteiger charge is 2.18. The maximum atomic E-state index is 11.9. The Kier molecular flexibility index (Phi) is 5.00. The first-order valence-corrected chi connectivity index (χ1v) is 6.92. The van der Waals surface area contributed by atoms with E-state index in [1.165, 1.54) is 20.3 Å². The molecule has 1 unspecified atom stereocenters. The van der Waals surface area contributed by atoms with E-state index in [2.05, 4.69) is 9.84 Å². The third-order valence-electron chi connectivity index (χ3n) is 3.41. The minimum Gasteiger partial charge on any atom is -0.493 e. The quantitative estimate of drug-likeness (QED) is 0.780. The molecule has 1 aromatic heterocycles. The highest BCUT2D eigenvalue weighted by Crippen LogP contribution is 2.31. The number of hydrogen-bond donors (Lipinski definition) is 0. The van der Waals surface area contributed by atoms with Gasteiger partial charge in [-0.1, -0.05) is 0 Å². The summed E-state index contributed by atoms with van der Waals surface area (Å²) in [4.78, 5) is 23.6. The van der Waals surface area contributed by atoms with Gasteiger partial charge in [-0.15, -0.1) is 0 Å². The molecule has 0 saturated carbocycles. The van der Waals surface area contributed by atoms with Gasteiger partial charge in [0.05, 0.1) is 27.0 Å². The van der Waals surface area contributed by atoms with Crippen molar-refractivity contribution in [1.82, 2.24) is 9.78 Å². The van der Waals surface area contributed by atoms with Gasteiger partial charge in [0.15, 0.2) is 17.5 Å². The van der Waals surface area contributed by atoms with E-state index in [9.17, 15) is 9.59 Å². The maximum Gasteiger partial charge on any atom is 0.330 e. The zero-order chi connectivity index (χ0) is 17.0. The first-order valence-electron chi connectivity index (χ1n) is 6.92. The third-order valence-corrected chi connectivity index (χ3v) is 3.41. The van der Waals surface area contributed by atoms with Gasteiger partial charge in [0.1, 0.15) is 0 Å². The molecule has 1 atom stereocenters. The number of esters is 1. The Morgan fingerprint density at radius 3 is 2.39 bits per heavy atom. The Hall–Kier alpha value is -2.83. The molecule has 1 heterocycles. The lowest BCUT2D eigenvalue weighted by Crippen LogP contribution is -2.30. The number of methoxy groups -OCH3 is 3. The summed E-state index contributed by atoms with van der Waals surface area (Å²) in [6.45, 7) is 1.55. The molecule has 0 aliphatic heterocycles. The lowest BCUT2D eigenvalue weighted by atomic mass is 10.1. The van der Waals surface area contributed by atoms with Crippen LogP contribution in [0.3, 0.4) is 0 Å². The lowest BCUT2D eigenvalue weighted by molar-refractivity contribution is -0.144. The van der Waals surface area contributed by atoms with Gasteiger partial charge < -0.3 is 14.2 Å². The molecule has 0 aliphatic carbocycles. The molecule has 0 bridgehead atoms. The van der Waals surface area contributed by atoms with Crippen molar-refractivity contribution in [3.63, 3.8) is 0 Å². The number of rotatable bonds is 5. The molecular weight excluding hydrogens is 300 g/mol. The topological polar surface area (TPSA) is 79.7 Å². The summed E-state index contributed by atoms with van der Waals surface area (Å²) in [6.07, 6.45) is 0. The summed E-state index contributed by atoms with van der Waals surface area (Å²) in [5, 5.41) is 4.25. The fourth-order valence-corrected chi connectivity index (χ4v) is 2.12. The van der Waals surface area contributed by atoms with Crippen molar-refractivity contribution in [2.45, 2.75) is 13.0 Å². The molecule has 0 fully saturated rings. The lowest BCUT2D eigenvalue weighted by Gasteiger charge is -2.13. The van der Waals surface area contributed by atoms with Crippen LogP contribution < -0.4 is 15.0 Å². The average Bonchev–Trinajstić information content (AvgIpc) is 2.60. The fraction of sp³-hybridized carbons (Fsp3) is 0.312. The zero-order valence-electron chi connectivity index (χ0n) is 13.4. The first kappa shape index (κ1) is 16.5. The molecule has 7 nitrogen and oxygen atoms in total. The summed E-state index contributed by atoms with van der Waals surface area (Å²) in [7, 11) is 4.35. The Labute approximate surface area is 133 Å². The molecule has 0 spiro atoms.